The standard InChI is InChI=1S/C14H12O2S/c1-10-5-4-6-11(9-10)16-14(15)12-7-2-3-8-13(12)17/h2-9,17H,1H3. The molecule has 2 aromatic rings. The molecule has 86 valence electrons. The minimum atomic E-state index is -0.388. The van der Waals surface area contributed by atoms with Crippen LogP contribution in [0, 0.1) is 6.92 Å². The number of benzene rings is 2. The third kappa shape index (κ3) is 2.88. The average molecular weight is 244 g/mol. The summed E-state index contributed by atoms with van der Waals surface area (Å²) in [6.07, 6.45) is 0. The molecule has 0 saturated heterocycles. The fraction of sp³-hybridized carbons (Fsp3) is 0.0714. The molecular weight excluding hydrogens is 232 g/mol. The Labute approximate surface area is 106 Å². The Morgan fingerprint density at radius 1 is 1.12 bits per heavy atom. The monoisotopic (exact) mass is 244 g/mol. The highest BCUT2D eigenvalue weighted by molar-refractivity contribution is 7.80. The number of hydrogen-bond acceptors (Lipinski definition) is 3. The first-order valence-electron chi connectivity index (χ1n) is 5.23. The zero-order chi connectivity index (χ0) is 12.3. The topological polar surface area (TPSA) is 26.3 Å². The molecule has 0 heterocycles. The molecule has 0 aliphatic carbocycles. The second kappa shape index (κ2) is 5.06. The van der Waals surface area contributed by atoms with Gasteiger partial charge < -0.3 is 4.74 Å². The van der Waals surface area contributed by atoms with Gasteiger partial charge in [0, 0.05) is 4.90 Å². The molecule has 0 unspecified atom stereocenters. The highest BCUT2D eigenvalue weighted by Crippen LogP contribution is 2.18. The van der Waals surface area contributed by atoms with E-state index in [0.717, 1.165) is 5.56 Å². The first-order chi connectivity index (χ1) is 8.16. The van der Waals surface area contributed by atoms with Gasteiger partial charge in [-0.1, -0.05) is 24.3 Å². The first kappa shape index (κ1) is 11.7. The Hall–Kier alpha value is -1.74. The van der Waals surface area contributed by atoms with Gasteiger partial charge >= 0.3 is 5.97 Å². The number of hydrogen-bond donors (Lipinski definition) is 1. The zero-order valence-electron chi connectivity index (χ0n) is 9.38. The van der Waals surface area contributed by atoms with Crippen LogP contribution in [0.2, 0.25) is 0 Å². The van der Waals surface area contributed by atoms with Gasteiger partial charge in [0.2, 0.25) is 0 Å². The van der Waals surface area contributed by atoms with E-state index in [1.807, 2.05) is 31.2 Å². The van der Waals surface area contributed by atoms with Crippen LogP contribution >= 0.6 is 12.6 Å². The van der Waals surface area contributed by atoms with Crippen molar-refractivity contribution < 1.29 is 9.53 Å². The fourth-order valence-electron chi connectivity index (χ4n) is 1.49. The summed E-state index contributed by atoms with van der Waals surface area (Å²) in [5, 5.41) is 0. The second-order valence-electron chi connectivity index (χ2n) is 3.72. The minimum absolute atomic E-state index is 0.388. The van der Waals surface area contributed by atoms with Gasteiger partial charge in [-0.15, -0.1) is 12.6 Å². The molecule has 0 N–H and O–H groups in total. The van der Waals surface area contributed by atoms with Crippen LogP contribution in [0.1, 0.15) is 15.9 Å². The van der Waals surface area contributed by atoms with Crippen molar-refractivity contribution in [3.8, 4) is 5.75 Å². The number of esters is 1. The maximum atomic E-state index is 11.9. The smallest absolute Gasteiger partial charge is 0.344 e. The molecule has 2 nitrogen and oxygen atoms in total. The van der Waals surface area contributed by atoms with Crippen molar-refractivity contribution in [1.29, 1.82) is 0 Å². The molecule has 0 amide bonds. The summed E-state index contributed by atoms with van der Waals surface area (Å²) in [7, 11) is 0. The Bertz CT molecular complexity index is 549. The van der Waals surface area contributed by atoms with Crippen LogP contribution in [0.5, 0.6) is 5.75 Å². The molecule has 0 aliphatic heterocycles. The Balaban J connectivity index is 2.20. The van der Waals surface area contributed by atoms with Crippen LogP contribution in [-0.4, -0.2) is 5.97 Å². The van der Waals surface area contributed by atoms with Crippen molar-refractivity contribution in [3.63, 3.8) is 0 Å². The van der Waals surface area contributed by atoms with E-state index in [9.17, 15) is 4.79 Å². The quantitative estimate of drug-likeness (QED) is 0.497. The third-order valence-electron chi connectivity index (χ3n) is 2.32. The summed E-state index contributed by atoms with van der Waals surface area (Å²) in [6, 6.07) is 14.4. The molecule has 0 atom stereocenters. The molecular formula is C14H12O2S. The van der Waals surface area contributed by atoms with Crippen LogP contribution in [0.15, 0.2) is 53.4 Å². The average Bonchev–Trinajstić information content (AvgIpc) is 2.29. The number of ether oxygens (including phenoxy) is 1. The van der Waals surface area contributed by atoms with E-state index in [1.165, 1.54) is 0 Å². The number of aryl methyl sites for hydroxylation is 1. The zero-order valence-corrected chi connectivity index (χ0v) is 10.3. The third-order valence-corrected chi connectivity index (χ3v) is 2.71. The van der Waals surface area contributed by atoms with Crippen LogP contribution in [0.4, 0.5) is 0 Å². The van der Waals surface area contributed by atoms with E-state index in [4.69, 9.17) is 4.74 Å². The van der Waals surface area contributed by atoms with Crippen molar-refractivity contribution in [2.75, 3.05) is 0 Å². The van der Waals surface area contributed by atoms with Crippen molar-refractivity contribution in [3.05, 3.63) is 59.7 Å². The van der Waals surface area contributed by atoms with Gasteiger partial charge in [-0.3, -0.25) is 0 Å². The van der Waals surface area contributed by atoms with E-state index < -0.39 is 0 Å². The van der Waals surface area contributed by atoms with Crippen LogP contribution in [0.25, 0.3) is 0 Å². The van der Waals surface area contributed by atoms with Gasteiger partial charge in [0.25, 0.3) is 0 Å². The van der Waals surface area contributed by atoms with E-state index in [2.05, 4.69) is 12.6 Å². The number of carbonyl (C=O) groups excluding carboxylic acids is 1. The highest BCUT2D eigenvalue weighted by atomic mass is 32.1. The van der Waals surface area contributed by atoms with Gasteiger partial charge in [0.15, 0.2) is 0 Å². The molecule has 0 radical (unpaired) electrons. The van der Waals surface area contributed by atoms with Crippen molar-refractivity contribution in [2.45, 2.75) is 11.8 Å². The minimum Gasteiger partial charge on any atom is -0.423 e. The molecule has 0 saturated carbocycles. The van der Waals surface area contributed by atoms with Gasteiger partial charge in [-0.05, 0) is 36.8 Å². The Morgan fingerprint density at radius 3 is 2.59 bits per heavy atom. The van der Waals surface area contributed by atoms with Crippen molar-refractivity contribution in [1.82, 2.24) is 0 Å². The summed E-state index contributed by atoms with van der Waals surface area (Å²) in [6.45, 7) is 1.95. The summed E-state index contributed by atoms with van der Waals surface area (Å²) in [5.74, 6) is 0.160. The van der Waals surface area contributed by atoms with Gasteiger partial charge in [-0.25, -0.2) is 4.79 Å². The van der Waals surface area contributed by atoms with Crippen LogP contribution < -0.4 is 4.74 Å². The maximum absolute atomic E-state index is 11.9. The summed E-state index contributed by atoms with van der Waals surface area (Å²) >= 11 is 4.22. The van der Waals surface area contributed by atoms with Crippen LogP contribution in [-0.2, 0) is 0 Å². The number of thiol groups is 1. The molecule has 3 heteroatoms. The second-order valence-corrected chi connectivity index (χ2v) is 4.20. The molecule has 0 bridgehead atoms. The summed E-state index contributed by atoms with van der Waals surface area (Å²) in [5.41, 5.74) is 1.52. The first-order valence-corrected chi connectivity index (χ1v) is 5.68. The lowest BCUT2D eigenvalue weighted by Gasteiger charge is -2.06. The normalized spacial score (nSPS) is 10.0. The Kier molecular flexibility index (Phi) is 3.49. The van der Waals surface area contributed by atoms with Crippen molar-refractivity contribution >= 4 is 18.6 Å². The van der Waals surface area contributed by atoms with Crippen LogP contribution in [0.3, 0.4) is 0 Å². The number of carbonyl (C=O) groups is 1. The van der Waals surface area contributed by atoms with Gasteiger partial charge in [0.1, 0.15) is 5.75 Å². The summed E-state index contributed by atoms with van der Waals surface area (Å²) < 4.78 is 5.27. The lowest BCUT2D eigenvalue weighted by Crippen LogP contribution is -2.09. The van der Waals surface area contributed by atoms with Crippen molar-refractivity contribution in [2.24, 2.45) is 0 Å². The molecule has 2 rings (SSSR count). The highest BCUT2D eigenvalue weighted by Gasteiger charge is 2.11. The van der Waals surface area contributed by atoms with E-state index in [-0.39, 0.29) is 5.97 Å². The van der Waals surface area contributed by atoms with E-state index in [1.54, 1.807) is 24.3 Å². The van der Waals surface area contributed by atoms with E-state index in [0.29, 0.717) is 16.2 Å². The predicted octanol–water partition coefficient (Wildman–Crippen LogP) is 3.50. The predicted molar refractivity (Wildman–Crippen MR) is 69.8 cm³/mol. The fourth-order valence-corrected chi connectivity index (χ4v) is 1.74. The largest absolute Gasteiger partial charge is 0.423 e. The maximum Gasteiger partial charge on any atom is 0.344 e. The molecule has 0 fully saturated rings. The molecule has 2 aromatic carbocycles. The number of rotatable bonds is 2. The van der Waals surface area contributed by atoms with Gasteiger partial charge in [-0.2, -0.15) is 0 Å². The lowest BCUT2D eigenvalue weighted by molar-refractivity contribution is 0.0731. The molecule has 17 heavy (non-hydrogen) atoms. The van der Waals surface area contributed by atoms with E-state index >= 15 is 0 Å². The Morgan fingerprint density at radius 2 is 1.88 bits per heavy atom. The molecule has 0 aromatic heterocycles. The molecule has 0 spiro atoms. The summed E-state index contributed by atoms with van der Waals surface area (Å²) in [4.78, 5) is 12.5. The lowest BCUT2D eigenvalue weighted by atomic mass is 10.2. The van der Waals surface area contributed by atoms with Gasteiger partial charge in [0.05, 0.1) is 5.56 Å². The molecule has 0 aliphatic rings. The SMILES string of the molecule is Cc1cccc(OC(=O)c2ccccc2S)c1.